The summed E-state index contributed by atoms with van der Waals surface area (Å²) < 4.78 is 5.57. The molecule has 0 aliphatic heterocycles. The molecule has 2 nitrogen and oxygen atoms in total. The van der Waals surface area contributed by atoms with Crippen LogP contribution in [0.15, 0.2) is 24.3 Å². The highest BCUT2D eigenvalue weighted by atomic mass is 16.5. The maximum Gasteiger partial charge on any atom is 0.169 e. The molecule has 2 rings (SSSR count). The van der Waals surface area contributed by atoms with Crippen LogP contribution in [0.25, 0.3) is 0 Å². The number of rotatable bonds is 2. The van der Waals surface area contributed by atoms with E-state index in [1.807, 2.05) is 31.2 Å². The van der Waals surface area contributed by atoms with Gasteiger partial charge in [-0.05, 0) is 31.7 Å². The van der Waals surface area contributed by atoms with Gasteiger partial charge in [0.2, 0.25) is 0 Å². The Kier molecular flexibility index (Phi) is 3.10. The Morgan fingerprint density at radius 1 is 1.19 bits per heavy atom. The molecule has 1 aliphatic carbocycles. The topological polar surface area (TPSA) is 26.3 Å². The number of hydrogen-bond acceptors (Lipinski definition) is 2. The molecule has 1 saturated carbocycles. The van der Waals surface area contributed by atoms with Crippen LogP contribution < -0.4 is 0 Å². The SMILES string of the molecule is COC1(c2ccc(C)cc2)CCCCC1=O. The van der Waals surface area contributed by atoms with Gasteiger partial charge in [-0.15, -0.1) is 0 Å². The highest BCUT2D eigenvalue weighted by Crippen LogP contribution is 2.37. The first kappa shape index (κ1) is 11.3. The average Bonchev–Trinajstić information content (AvgIpc) is 2.31. The first-order valence-corrected chi connectivity index (χ1v) is 5.84. The third kappa shape index (κ3) is 1.78. The van der Waals surface area contributed by atoms with Gasteiger partial charge in [0.05, 0.1) is 0 Å². The van der Waals surface area contributed by atoms with Crippen LogP contribution in [0.4, 0.5) is 0 Å². The summed E-state index contributed by atoms with van der Waals surface area (Å²) in [7, 11) is 1.64. The first-order valence-electron chi connectivity index (χ1n) is 5.84. The fraction of sp³-hybridized carbons (Fsp3) is 0.500. The molecule has 0 amide bonds. The summed E-state index contributed by atoms with van der Waals surface area (Å²) in [5.74, 6) is 0.227. The second-order valence-corrected chi connectivity index (χ2v) is 4.53. The van der Waals surface area contributed by atoms with Gasteiger partial charge in [-0.3, -0.25) is 4.79 Å². The second kappa shape index (κ2) is 4.38. The molecule has 0 spiro atoms. The molecule has 1 unspecified atom stereocenters. The zero-order valence-electron chi connectivity index (χ0n) is 9.95. The van der Waals surface area contributed by atoms with Crippen molar-refractivity contribution in [2.45, 2.75) is 38.2 Å². The molecule has 0 heterocycles. The van der Waals surface area contributed by atoms with Gasteiger partial charge in [0.15, 0.2) is 11.4 Å². The molecule has 0 bridgehead atoms. The van der Waals surface area contributed by atoms with Crippen LogP contribution in [0.5, 0.6) is 0 Å². The molecule has 86 valence electrons. The Hall–Kier alpha value is -1.15. The molecule has 2 heteroatoms. The van der Waals surface area contributed by atoms with E-state index in [0.29, 0.717) is 6.42 Å². The third-order valence-corrected chi connectivity index (χ3v) is 3.50. The van der Waals surface area contributed by atoms with E-state index >= 15 is 0 Å². The molecular weight excluding hydrogens is 200 g/mol. The van der Waals surface area contributed by atoms with E-state index in [-0.39, 0.29) is 5.78 Å². The van der Waals surface area contributed by atoms with Crippen LogP contribution in [-0.2, 0) is 15.1 Å². The van der Waals surface area contributed by atoms with Crippen molar-refractivity contribution in [2.24, 2.45) is 0 Å². The Morgan fingerprint density at radius 2 is 1.88 bits per heavy atom. The van der Waals surface area contributed by atoms with Crippen molar-refractivity contribution in [1.29, 1.82) is 0 Å². The van der Waals surface area contributed by atoms with Crippen LogP contribution in [0, 0.1) is 6.92 Å². The van der Waals surface area contributed by atoms with Gasteiger partial charge in [0.25, 0.3) is 0 Å². The summed E-state index contributed by atoms with van der Waals surface area (Å²) in [6.07, 6.45) is 3.51. The molecule has 0 aromatic heterocycles. The summed E-state index contributed by atoms with van der Waals surface area (Å²) in [6.45, 7) is 2.05. The zero-order chi connectivity index (χ0) is 11.6. The third-order valence-electron chi connectivity index (χ3n) is 3.50. The minimum Gasteiger partial charge on any atom is -0.366 e. The van der Waals surface area contributed by atoms with Gasteiger partial charge in [0.1, 0.15) is 0 Å². The molecule has 16 heavy (non-hydrogen) atoms. The van der Waals surface area contributed by atoms with E-state index in [0.717, 1.165) is 24.8 Å². The molecule has 0 saturated heterocycles. The molecule has 1 aromatic rings. The fourth-order valence-electron chi connectivity index (χ4n) is 2.46. The molecule has 1 aliphatic rings. The Balaban J connectivity index is 2.40. The van der Waals surface area contributed by atoms with E-state index in [9.17, 15) is 4.79 Å². The largest absolute Gasteiger partial charge is 0.366 e. The monoisotopic (exact) mass is 218 g/mol. The Labute approximate surface area is 96.6 Å². The highest BCUT2D eigenvalue weighted by Gasteiger charge is 2.41. The zero-order valence-corrected chi connectivity index (χ0v) is 9.95. The highest BCUT2D eigenvalue weighted by molar-refractivity contribution is 5.89. The molecule has 0 N–H and O–H groups in total. The van der Waals surface area contributed by atoms with Gasteiger partial charge < -0.3 is 4.74 Å². The fourth-order valence-corrected chi connectivity index (χ4v) is 2.46. The Bertz CT molecular complexity index is 380. The lowest BCUT2D eigenvalue weighted by Gasteiger charge is -2.34. The quantitative estimate of drug-likeness (QED) is 0.762. The van der Waals surface area contributed by atoms with E-state index in [1.165, 1.54) is 5.56 Å². The van der Waals surface area contributed by atoms with Crippen molar-refractivity contribution < 1.29 is 9.53 Å². The number of ether oxygens (including phenoxy) is 1. The van der Waals surface area contributed by atoms with Gasteiger partial charge in [-0.2, -0.15) is 0 Å². The lowest BCUT2D eigenvalue weighted by Crippen LogP contribution is -2.40. The van der Waals surface area contributed by atoms with Gasteiger partial charge in [0, 0.05) is 13.5 Å². The summed E-state index contributed by atoms with van der Waals surface area (Å²) in [5.41, 5.74) is 1.54. The normalized spacial score (nSPS) is 25.8. The van der Waals surface area contributed by atoms with Crippen LogP contribution in [-0.4, -0.2) is 12.9 Å². The number of Topliss-reactive ketones (excluding diaryl/α,β-unsaturated/α-hetero) is 1. The number of benzene rings is 1. The molecule has 0 radical (unpaired) electrons. The predicted octanol–water partition coefficient (Wildman–Crippen LogP) is 2.98. The van der Waals surface area contributed by atoms with Crippen LogP contribution >= 0.6 is 0 Å². The van der Waals surface area contributed by atoms with E-state index in [1.54, 1.807) is 7.11 Å². The molecule has 1 atom stereocenters. The summed E-state index contributed by atoms with van der Waals surface area (Å²) in [4.78, 5) is 12.1. The average molecular weight is 218 g/mol. The van der Waals surface area contributed by atoms with Gasteiger partial charge in [-0.1, -0.05) is 29.8 Å². The number of ketones is 1. The van der Waals surface area contributed by atoms with Crippen LogP contribution in [0.1, 0.15) is 36.8 Å². The number of aryl methyl sites for hydroxylation is 1. The van der Waals surface area contributed by atoms with E-state index < -0.39 is 5.60 Å². The summed E-state index contributed by atoms with van der Waals surface area (Å²) >= 11 is 0. The van der Waals surface area contributed by atoms with Crippen molar-refractivity contribution in [3.05, 3.63) is 35.4 Å². The van der Waals surface area contributed by atoms with Crippen LogP contribution in [0.3, 0.4) is 0 Å². The predicted molar refractivity (Wildman–Crippen MR) is 63.3 cm³/mol. The minimum absolute atomic E-state index is 0.227. The van der Waals surface area contributed by atoms with Crippen molar-refractivity contribution in [1.82, 2.24) is 0 Å². The number of hydrogen-bond donors (Lipinski definition) is 0. The van der Waals surface area contributed by atoms with Crippen molar-refractivity contribution in [2.75, 3.05) is 7.11 Å². The lowest BCUT2D eigenvalue weighted by molar-refractivity contribution is -0.146. The molecular formula is C14H18O2. The summed E-state index contributed by atoms with van der Waals surface area (Å²) in [5, 5.41) is 0. The van der Waals surface area contributed by atoms with Crippen molar-refractivity contribution in [3.8, 4) is 0 Å². The standard InChI is InChI=1S/C14H18O2/c1-11-6-8-12(9-7-11)14(16-2)10-4-3-5-13(14)15/h6-9H,3-5,10H2,1-2H3. The maximum absolute atomic E-state index is 12.1. The van der Waals surface area contributed by atoms with Gasteiger partial charge in [-0.25, -0.2) is 0 Å². The minimum atomic E-state index is -0.675. The summed E-state index contributed by atoms with van der Waals surface area (Å²) in [6, 6.07) is 8.11. The molecule has 1 fully saturated rings. The van der Waals surface area contributed by atoms with E-state index in [4.69, 9.17) is 4.74 Å². The number of carbonyl (C=O) groups excluding carboxylic acids is 1. The Morgan fingerprint density at radius 3 is 2.44 bits per heavy atom. The number of methoxy groups -OCH3 is 1. The molecule has 1 aromatic carbocycles. The smallest absolute Gasteiger partial charge is 0.169 e. The first-order chi connectivity index (χ1) is 7.69. The second-order valence-electron chi connectivity index (χ2n) is 4.53. The van der Waals surface area contributed by atoms with Crippen molar-refractivity contribution >= 4 is 5.78 Å². The van der Waals surface area contributed by atoms with Gasteiger partial charge >= 0.3 is 0 Å². The number of carbonyl (C=O) groups is 1. The van der Waals surface area contributed by atoms with Crippen LogP contribution in [0.2, 0.25) is 0 Å². The van der Waals surface area contributed by atoms with Crippen molar-refractivity contribution in [3.63, 3.8) is 0 Å². The maximum atomic E-state index is 12.1. The van der Waals surface area contributed by atoms with E-state index in [2.05, 4.69) is 0 Å². The lowest BCUT2D eigenvalue weighted by atomic mass is 9.78.